The molecule has 0 fully saturated rings. The number of ether oxygens (including phenoxy) is 2. The number of aryl methyl sites for hydroxylation is 1. The Morgan fingerprint density at radius 2 is 1.74 bits per heavy atom. The lowest BCUT2D eigenvalue weighted by atomic mass is 10.1. The number of rotatable bonds is 9. The molecule has 0 unspecified atom stereocenters. The highest BCUT2D eigenvalue weighted by molar-refractivity contribution is 5.75. The molecule has 0 saturated carbocycles. The zero-order valence-corrected chi connectivity index (χ0v) is 13.5. The average Bonchev–Trinajstić information content (AvgIpc) is 2.60. The van der Waals surface area contributed by atoms with E-state index in [0.29, 0.717) is 19.6 Å². The van der Waals surface area contributed by atoms with Gasteiger partial charge in [-0.15, -0.1) is 0 Å². The lowest BCUT2D eigenvalue weighted by molar-refractivity contribution is -0.121. The summed E-state index contributed by atoms with van der Waals surface area (Å²) in [6, 6.07) is 17.5. The normalized spacial score (nSPS) is 10.1. The van der Waals surface area contributed by atoms with Crippen LogP contribution >= 0.6 is 0 Å². The summed E-state index contributed by atoms with van der Waals surface area (Å²) in [4.78, 5) is 11.7. The number of nitrogens with one attached hydrogen (secondary N) is 1. The highest BCUT2D eigenvalue weighted by Gasteiger charge is 2.02. The van der Waals surface area contributed by atoms with Crippen LogP contribution in [0.4, 0.5) is 0 Å². The predicted octanol–water partition coefficient (Wildman–Crippen LogP) is 3.21. The van der Waals surface area contributed by atoms with E-state index in [0.717, 1.165) is 24.3 Å². The summed E-state index contributed by atoms with van der Waals surface area (Å²) in [5, 5.41) is 2.92. The van der Waals surface area contributed by atoms with Gasteiger partial charge >= 0.3 is 0 Å². The topological polar surface area (TPSA) is 47.6 Å². The van der Waals surface area contributed by atoms with Crippen molar-refractivity contribution in [2.24, 2.45) is 0 Å². The Morgan fingerprint density at radius 3 is 2.43 bits per heavy atom. The van der Waals surface area contributed by atoms with Crippen molar-refractivity contribution in [2.75, 3.05) is 20.3 Å². The summed E-state index contributed by atoms with van der Waals surface area (Å²) in [7, 11) is 1.66. The maximum Gasteiger partial charge on any atom is 0.223 e. The number of amides is 1. The minimum atomic E-state index is 0.0238. The molecule has 2 aromatic carbocycles. The van der Waals surface area contributed by atoms with E-state index in [9.17, 15) is 4.79 Å². The zero-order valence-electron chi connectivity index (χ0n) is 13.5. The van der Waals surface area contributed by atoms with E-state index in [-0.39, 0.29) is 5.91 Å². The molecule has 122 valence electrons. The van der Waals surface area contributed by atoms with Crippen LogP contribution in [0.25, 0.3) is 0 Å². The Bertz CT molecular complexity index is 581. The second kappa shape index (κ2) is 9.51. The summed E-state index contributed by atoms with van der Waals surface area (Å²) < 4.78 is 10.6. The molecule has 0 spiro atoms. The van der Waals surface area contributed by atoms with Crippen molar-refractivity contribution in [1.29, 1.82) is 0 Å². The molecule has 4 nitrogen and oxygen atoms in total. The molecule has 0 aliphatic heterocycles. The van der Waals surface area contributed by atoms with Gasteiger partial charge in [-0.3, -0.25) is 4.79 Å². The number of carbonyl (C=O) groups excluding carboxylic acids is 1. The Kier molecular flexibility index (Phi) is 6.98. The third kappa shape index (κ3) is 6.43. The van der Waals surface area contributed by atoms with E-state index in [1.165, 1.54) is 5.56 Å². The molecule has 2 aromatic rings. The van der Waals surface area contributed by atoms with Crippen molar-refractivity contribution >= 4 is 5.91 Å². The van der Waals surface area contributed by atoms with Crippen molar-refractivity contribution < 1.29 is 14.3 Å². The van der Waals surface area contributed by atoms with Crippen LogP contribution in [0.2, 0.25) is 0 Å². The number of carbonyl (C=O) groups is 1. The SMILES string of the molecule is COc1ccc(CCCNC(=O)CCOc2ccccc2)cc1. The Balaban J connectivity index is 1.55. The number of benzene rings is 2. The highest BCUT2D eigenvalue weighted by Crippen LogP contribution is 2.12. The van der Waals surface area contributed by atoms with Crippen LogP contribution in [0.3, 0.4) is 0 Å². The van der Waals surface area contributed by atoms with Gasteiger partial charge in [0.2, 0.25) is 5.91 Å². The lowest BCUT2D eigenvalue weighted by Gasteiger charge is -2.07. The molecule has 2 rings (SSSR count). The lowest BCUT2D eigenvalue weighted by Crippen LogP contribution is -2.26. The quantitative estimate of drug-likeness (QED) is 0.723. The van der Waals surface area contributed by atoms with Crippen LogP contribution in [-0.2, 0) is 11.2 Å². The molecule has 0 aliphatic carbocycles. The third-order valence-electron chi connectivity index (χ3n) is 3.46. The fourth-order valence-electron chi connectivity index (χ4n) is 2.18. The number of para-hydroxylation sites is 1. The summed E-state index contributed by atoms with van der Waals surface area (Å²) >= 11 is 0. The van der Waals surface area contributed by atoms with E-state index in [1.807, 2.05) is 54.6 Å². The van der Waals surface area contributed by atoms with Gasteiger partial charge in [-0.25, -0.2) is 0 Å². The van der Waals surface area contributed by atoms with Gasteiger partial charge in [-0.2, -0.15) is 0 Å². The first-order chi connectivity index (χ1) is 11.3. The van der Waals surface area contributed by atoms with Gasteiger partial charge in [-0.1, -0.05) is 30.3 Å². The summed E-state index contributed by atoms with van der Waals surface area (Å²) in [6.45, 7) is 1.07. The second-order valence-electron chi connectivity index (χ2n) is 5.21. The molecule has 0 heterocycles. The van der Waals surface area contributed by atoms with E-state index in [2.05, 4.69) is 5.32 Å². The minimum Gasteiger partial charge on any atom is -0.497 e. The van der Waals surface area contributed by atoms with Crippen LogP contribution < -0.4 is 14.8 Å². The summed E-state index contributed by atoms with van der Waals surface area (Å²) in [5.41, 5.74) is 1.24. The zero-order chi connectivity index (χ0) is 16.3. The van der Waals surface area contributed by atoms with Crippen molar-refractivity contribution in [1.82, 2.24) is 5.32 Å². The molecule has 0 radical (unpaired) electrons. The minimum absolute atomic E-state index is 0.0238. The van der Waals surface area contributed by atoms with E-state index >= 15 is 0 Å². The van der Waals surface area contributed by atoms with Crippen LogP contribution in [-0.4, -0.2) is 26.2 Å². The summed E-state index contributed by atoms with van der Waals surface area (Å²) in [5.74, 6) is 1.68. The maximum atomic E-state index is 11.7. The maximum absolute atomic E-state index is 11.7. The monoisotopic (exact) mass is 313 g/mol. The molecule has 0 aromatic heterocycles. The number of methoxy groups -OCH3 is 1. The fourth-order valence-corrected chi connectivity index (χ4v) is 2.18. The van der Waals surface area contributed by atoms with Crippen LogP contribution in [0, 0.1) is 0 Å². The molecule has 1 amide bonds. The third-order valence-corrected chi connectivity index (χ3v) is 3.46. The van der Waals surface area contributed by atoms with E-state index in [1.54, 1.807) is 7.11 Å². The van der Waals surface area contributed by atoms with Crippen molar-refractivity contribution in [2.45, 2.75) is 19.3 Å². The molecule has 0 aliphatic rings. The van der Waals surface area contributed by atoms with Crippen molar-refractivity contribution in [3.8, 4) is 11.5 Å². The fraction of sp³-hybridized carbons (Fsp3) is 0.316. The Morgan fingerprint density at radius 1 is 1.00 bits per heavy atom. The largest absolute Gasteiger partial charge is 0.497 e. The Labute approximate surface area is 137 Å². The number of hydrogen-bond acceptors (Lipinski definition) is 3. The van der Waals surface area contributed by atoms with Gasteiger partial charge in [0.15, 0.2) is 0 Å². The molecular formula is C19H23NO3. The molecule has 0 atom stereocenters. The first-order valence-electron chi connectivity index (χ1n) is 7.85. The number of hydrogen-bond donors (Lipinski definition) is 1. The second-order valence-corrected chi connectivity index (χ2v) is 5.21. The smallest absolute Gasteiger partial charge is 0.223 e. The van der Waals surface area contributed by atoms with Gasteiger partial charge in [0, 0.05) is 6.54 Å². The van der Waals surface area contributed by atoms with Gasteiger partial charge in [-0.05, 0) is 42.7 Å². The van der Waals surface area contributed by atoms with Crippen molar-refractivity contribution in [3.63, 3.8) is 0 Å². The highest BCUT2D eigenvalue weighted by atomic mass is 16.5. The van der Waals surface area contributed by atoms with Gasteiger partial charge < -0.3 is 14.8 Å². The van der Waals surface area contributed by atoms with E-state index < -0.39 is 0 Å². The molecular weight excluding hydrogens is 290 g/mol. The standard InChI is InChI=1S/C19H23NO3/c1-22-17-11-9-16(10-12-17)6-5-14-20-19(21)13-15-23-18-7-3-2-4-8-18/h2-4,7-12H,5-6,13-15H2,1H3,(H,20,21). The first-order valence-corrected chi connectivity index (χ1v) is 7.85. The Hall–Kier alpha value is -2.49. The molecule has 23 heavy (non-hydrogen) atoms. The van der Waals surface area contributed by atoms with Crippen LogP contribution in [0.1, 0.15) is 18.4 Å². The van der Waals surface area contributed by atoms with Crippen molar-refractivity contribution in [3.05, 3.63) is 60.2 Å². The molecule has 0 bridgehead atoms. The molecule has 0 saturated heterocycles. The van der Waals surface area contributed by atoms with E-state index in [4.69, 9.17) is 9.47 Å². The predicted molar refractivity (Wildman–Crippen MR) is 90.9 cm³/mol. The van der Waals surface area contributed by atoms with Gasteiger partial charge in [0.25, 0.3) is 0 Å². The van der Waals surface area contributed by atoms with Crippen LogP contribution in [0.15, 0.2) is 54.6 Å². The summed E-state index contributed by atoms with van der Waals surface area (Å²) in [6.07, 6.45) is 2.22. The molecule has 4 heteroatoms. The average molecular weight is 313 g/mol. The molecule has 1 N–H and O–H groups in total. The van der Waals surface area contributed by atoms with Gasteiger partial charge in [0.1, 0.15) is 11.5 Å². The first kappa shape index (κ1) is 16.9. The van der Waals surface area contributed by atoms with Crippen LogP contribution in [0.5, 0.6) is 11.5 Å². The van der Waals surface area contributed by atoms with Gasteiger partial charge in [0.05, 0.1) is 20.1 Å².